The molecule has 1 aromatic rings. The zero-order chi connectivity index (χ0) is 11.1. The molecule has 0 fully saturated rings. The van der Waals surface area contributed by atoms with Gasteiger partial charge in [0, 0.05) is 18.1 Å². The second-order valence-corrected chi connectivity index (χ2v) is 5.46. The number of benzene rings is 1. The largest absolute Gasteiger partial charge is 0.277 e. The van der Waals surface area contributed by atoms with Crippen LogP contribution >= 0.6 is 11.6 Å². The molecule has 0 spiro atoms. The summed E-state index contributed by atoms with van der Waals surface area (Å²) in [5, 5.41) is 5.67. The van der Waals surface area contributed by atoms with E-state index in [1.54, 1.807) is 6.07 Å². The third-order valence-electron chi connectivity index (χ3n) is 2.54. The van der Waals surface area contributed by atoms with Gasteiger partial charge in [0.1, 0.15) is 0 Å². The first-order chi connectivity index (χ1) is 6.98. The van der Waals surface area contributed by atoms with Crippen molar-refractivity contribution < 1.29 is 8.42 Å². The number of nitrogens with two attached hydrogens (primary N) is 1. The van der Waals surface area contributed by atoms with Gasteiger partial charge in [0.25, 0.3) is 10.2 Å². The molecule has 0 atom stereocenters. The van der Waals surface area contributed by atoms with Crippen LogP contribution in [-0.4, -0.2) is 19.3 Å². The number of fused-ring (bicyclic) bond motifs is 1. The van der Waals surface area contributed by atoms with Crippen LogP contribution in [0.25, 0.3) is 0 Å². The van der Waals surface area contributed by atoms with Gasteiger partial charge >= 0.3 is 0 Å². The maximum atomic E-state index is 11.2. The van der Waals surface area contributed by atoms with E-state index in [-0.39, 0.29) is 6.54 Å². The Hall–Kier alpha value is -0.620. The van der Waals surface area contributed by atoms with E-state index < -0.39 is 10.2 Å². The highest BCUT2D eigenvalue weighted by atomic mass is 35.5. The average molecular weight is 247 g/mol. The number of nitrogens with zero attached hydrogens (tertiary/aromatic N) is 1. The summed E-state index contributed by atoms with van der Waals surface area (Å²) in [5.41, 5.74) is 1.96. The molecule has 2 N–H and O–H groups in total. The first-order valence-corrected chi connectivity index (χ1v) is 6.41. The van der Waals surface area contributed by atoms with Gasteiger partial charge in [-0.2, -0.15) is 12.7 Å². The van der Waals surface area contributed by atoms with Gasteiger partial charge < -0.3 is 0 Å². The molecule has 6 heteroatoms. The van der Waals surface area contributed by atoms with E-state index in [4.69, 9.17) is 16.7 Å². The van der Waals surface area contributed by atoms with Crippen molar-refractivity contribution in [2.75, 3.05) is 6.54 Å². The van der Waals surface area contributed by atoms with Crippen LogP contribution < -0.4 is 5.14 Å². The van der Waals surface area contributed by atoms with Gasteiger partial charge in [-0.15, -0.1) is 0 Å². The maximum absolute atomic E-state index is 11.2. The zero-order valence-corrected chi connectivity index (χ0v) is 9.55. The molecule has 0 amide bonds. The third kappa shape index (κ3) is 2.15. The molecule has 0 radical (unpaired) electrons. The van der Waals surface area contributed by atoms with E-state index in [0.717, 1.165) is 11.1 Å². The molecule has 0 saturated heterocycles. The average Bonchev–Trinajstić information content (AvgIpc) is 2.16. The van der Waals surface area contributed by atoms with Crippen molar-refractivity contribution in [2.45, 2.75) is 13.0 Å². The van der Waals surface area contributed by atoms with Gasteiger partial charge in [0.15, 0.2) is 0 Å². The number of halogens is 1. The van der Waals surface area contributed by atoms with Gasteiger partial charge in [0.05, 0.1) is 0 Å². The topological polar surface area (TPSA) is 63.4 Å². The van der Waals surface area contributed by atoms with Crippen molar-refractivity contribution in [3.05, 3.63) is 34.3 Å². The Balaban J connectivity index is 2.38. The Morgan fingerprint density at radius 1 is 1.40 bits per heavy atom. The molecule has 0 bridgehead atoms. The fraction of sp³-hybridized carbons (Fsp3) is 0.333. The predicted octanol–water partition coefficient (Wildman–Crippen LogP) is 0.902. The summed E-state index contributed by atoms with van der Waals surface area (Å²) in [7, 11) is -3.61. The summed E-state index contributed by atoms with van der Waals surface area (Å²) < 4.78 is 23.6. The number of hydrogen-bond donors (Lipinski definition) is 1. The van der Waals surface area contributed by atoms with Crippen LogP contribution in [0.1, 0.15) is 11.1 Å². The van der Waals surface area contributed by atoms with E-state index in [1.165, 1.54) is 4.31 Å². The molecule has 0 aromatic heterocycles. The van der Waals surface area contributed by atoms with Crippen molar-refractivity contribution in [1.29, 1.82) is 0 Å². The summed E-state index contributed by atoms with van der Waals surface area (Å²) in [4.78, 5) is 0. The molecular formula is C9H11ClN2O2S. The quantitative estimate of drug-likeness (QED) is 0.800. The second-order valence-electron chi connectivity index (χ2n) is 3.51. The van der Waals surface area contributed by atoms with E-state index >= 15 is 0 Å². The third-order valence-corrected chi connectivity index (χ3v) is 3.93. The maximum Gasteiger partial charge on any atom is 0.277 e. The number of hydrogen-bond acceptors (Lipinski definition) is 2. The molecule has 15 heavy (non-hydrogen) atoms. The van der Waals surface area contributed by atoms with Crippen molar-refractivity contribution >= 4 is 21.8 Å². The minimum absolute atomic E-state index is 0.272. The molecule has 4 nitrogen and oxygen atoms in total. The van der Waals surface area contributed by atoms with Crippen LogP contribution in [0.4, 0.5) is 0 Å². The number of rotatable bonds is 1. The molecule has 1 aromatic carbocycles. The second kappa shape index (κ2) is 3.75. The van der Waals surface area contributed by atoms with Crippen molar-refractivity contribution in [3.8, 4) is 0 Å². The Kier molecular flexibility index (Phi) is 2.72. The lowest BCUT2D eigenvalue weighted by Gasteiger charge is -2.26. The van der Waals surface area contributed by atoms with Gasteiger partial charge in [-0.3, -0.25) is 0 Å². The fourth-order valence-corrected chi connectivity index (χ4v) is 2.64. The lowest BCUT2D eigenvalue weighted by atomic mass is 10.0. The van der Waals surface area contributed by atoms with Crippen LogP contribution in [-0.2, 0) is 23.2 Å². The summed E-state index contributed by atoms with van der Waals surface area (Å²) >= 11 is 6.00. The Bertz CT molecular complexity index is 487. The minimum Gasteiger partial charge on any atom is -0.216 e. The first-order valence-electron chi connectivity index (χ1n) is 4.52. The lowest BCUT2D eigenvalue weighted by molar-refractivity contribution is 0.392. The zero-order valence-electron chi connectivity index (χ0n) is 7.98. The van der Waals surface area contributed by atoms with E-state index in [2.05, 4.69) is 0 Å². The molecule has 2 rings (SSSR count). The molecule has 0 saturated carbocycles. The molecular weight excluding hydrogens is 236 g/mol. The Labute approximate surface area is 93.8 Å². The van der Waals surface area contributed by atoms with Crippen LogP contribution in [0.2, 0.25) is 5.02 Å². The molecule has 82 valence electrons. The van der Waals surface area contributed by atoms with Crippen molar-refractivity contribution in [3.63, 3.8) is 0 Å². The normalized spacial score (nSPS) is 17.5. The molecule has 0 unspecified atom stereocenters. The summed E-state index contributed by atoms with van der Waals surface area (Å²) in [5.74, 6) is 0. The van der Waals surface area contributed by atoms with Crippen LogP contribution in [0.3, 0.4) is 0 Å². The van der Waals surface area contributed by atoms with Crippen molar-refractivity contribution in [2.24, 2.45) is 5.14 Å². The minimum atomic E-state index is -3.61. The monoisotopic (exact) mass is 246 g/mol. The fourth-order valence-electron chi connectivity index (χ4n) is 1.73. The molecule has 1 heterocycles. The van der Waals surface area contributed by atoms with E-state index in [0.29, 0.717) is 18.0 Å². The highest BCUT2D eigenvalue weighted by molar-refractivity contribution is 7.86. The summed E-state index contributed by atoms with van der Waals surface area (Å²) in [6.07, 6.45) is 0.659. The van der Waals surface area contributed by atoms with Crippen LogP contribution in [0.5, 0.6) is 0 Å². The van der Waals surface area contributed by atoms with E-state index in [1.807, 2.05) is 12.1 Å². The van der Waals surface area contributed by atoms with Crippen molar-refractivity contribution in [1.82, 2.24) is 4.31 Å². The van der Waals surface area contributed by atoms with Gasteiger partial charge in [-0.1, -0.05) is 23.7 Å². The smallest absolute Gasteiger partial charge is 0.216 e. The standard InChI is InChI=1S/C9H11ClN2O2S/c10-9-3-1-2-7-4-5-12(6-8(7)9)15(11,13)14/h1-3H,4-6H2,(H2,11,13,14). The Morgan fingerprint density at radius 2 is 2.13 bits per heavy atom. The van der Waals surface area contributed by atoms with Gasteiger partial charge in [-0.25, -0.2) is 5.14 Å². The molecule has 1 aliphatic rings. The lowest BCUT2D eigenvalue weighted by Crippen LogP contribution is -2.40. The van der Waals surface area contributed by atoms with Crippen LogP contribution in [0, 0.1) is 0 Å². The van der Waals surface area contributed by atoms with Gasteiger partial charge in [0.2, 0.25) is 0 Å². The SMILES string of the molecule is NS(=O)(=O)N1CCc2cccc(Cl)c2C1. The van der Waals surface area contributed by atoms with Crippen LogP contribution in [0.15, 0.2) is 18.2 Å². The summed E-state index contributed by atoms with van der Waals surface area (Å²) in [6, 6.07) is 5.59. The predicted molar refractivity (Wildman–Crippen MR) is 58.7 cm³/mol. The molecule has 1 aliphatic heterocycles. The van der Waals surface area contributed by atoms with E-state index in [9.17, 15) is 8.42 Å². The van der Waals surface area contributed by atoms with Gasteiger partial charge in [-0.05, 0) is 23.6 Å². The highest BCUT2D eigenvalue weighted by Gasteiger charge is 2.24. The first kappa shape index (κ1) is 10.9. The highest BCUT2D eigenvalue weighted by Crippen LogP contribution is 2.26. The Morgan fingerprint density at radius 3 is 2.80 bits per heavy atom. The molecule has 0 aliphatic carbocycles. The summed E-state index contributed by atoms with van der Waals surface area (Å²) in [6.45, 7) is 0.694.